The molecule has 1 aromatic rings. The van der Waals surface area contributed by atoms with E-state index in [0.29, 0.717) is 12.4 Å². The predicted molar refractivity (Wildman–Crippen MR) is 50.6 cm³/mol. The normalized spacial score (nSPS) is 12.4. The number of aryl methyl sites for hydroxylation is 1. The standard InChI is InChI=1S/C9H14F3N3O/c1-6(2)13-5-7-14-8(16-15-7)3-4-9(10,11)12/h6,13H,3-5H2,1-2H3. The van der Waals surface area contributed by atoms with Crippen LogP contribution in [0.25, 0.3) is 0 Å². The molecule has 0 aromatic carbocycles. The van der Waals surface area contributed by atoms with Gasteiger partial charge >= 0.3 is 6.18 Å². The minimum atomic E-state index is -4.19. The first-order valence-corrected chi connectivity index (χ1v) is 4.98. The van der Waals surface area contributed by atoms with Gasteiger partial charge in [-0.15, -0.1) is 0 Å². The minimum absolute atomic E-state index is 0.0258. The van der Waals surface area contributed by atoms with E-state index in [1.807, 2.05) is 13.8 Å². The lowest BCUT2D eigenvalue weighted by molar-refractivity contribution is -0.134. The number of alkyl halides is 3. The van der Waals surface area contributed by atoms with E-state index in [9.17, 15) is 13.2 Å². The molecule has 0 aliphatic rings. The van der Waals surface area contributed by atoms with Crippen LogP contribution in [0.15, 0.2) is 4.52 Å². The first-order valence-electron chi connectivity index (χ1n) is 4.98. The highest BCUT2D eigenvalue weighted by atomic mass is 19.4. The van der Waals surface area contributed by atoms with Gasteiger partial charge in [0.15, 0.2) is 5.82 Å². The molecule has 0 amide bonds. The number of nitrogens with one attached hydrogen (secondary N) is 1. The van der Waals surface area contributed by atoms with Crippen LogP contribution in [0.5, 0.6) is 0 Å². The molecule has 0 unspecified atom stereocenters. The van der Waals surface area contributed by atoms with Crippen LogP contribution < -0.4 is 5.32 Å². The fraction of sp³-hybridized carbons (Fsp3) is 0.778. The van der Waals surface area contributed by atoms with Crippen molar-refractivity contribution in [2.75, 3.05) is 0 Å². The summed E-state index contributed by atoms with van der Waals surface area (Å²) in [5.74, 6) is 0.406. The van der Waals surface area contributed by atoms with E-state index >= 15 is 0 Å². The number of aromatic nitrogens is 2. The van der Waals surface area contributed by atoms with E-state index in [0.717, 1.165) is 0 Å². The summed E-state index contributed by atoms with van der Waals surface area (Å²) in [6.45, 7) is 4.29. The molecule has 1 aromatic heterocycles. The van der Waals surface area contributed by atoms with E-state index in [2.05, 4.69) is 15.5 Å². The highest BCUT2D eigenvalue weighted by Crippen LogP contribution is 2.21. The van der Waals surface area contributed by atoms with Crippen LogP contribution in [0, 0.1) is 0 Å². The van der Waals surface area contributed by atoms with E-state index in [4.69, 9.17) is 4.52 Å². The molecular weight excluding hydrogens is 223 g/mol. The van der Waals surface area contributed by atoms with Gasteiger partial charge in [0.25, 0.3) is 0 Å². The maximum absolute atomic E-state index is 11.9. The van der Waals surface area contributed by atoms with Crippen LogP contribution in [-0.4, -0.2) is 22.4 Å². The second-order valence-corrected chi connectivity index (χ2v) is 3.76. The van der Waals surface area contributed by atoms with Crippen molar-refractivity contribution in [1.29, 1.82) is 0 Å². The molecule has 16 heavy (non-hydrogen) atoms. The topological polar surface area (TPSA) is 51.0 Å². The molecule has 0 radical (unpaired) electrons. The second kappa shape index (κ2) is 5.29. The summed E-state index contributed by atoms with van der Waals surface area (Å²) in [5.41, 5.74) is 0. The van der Waals surface area contributed by atoms with Crippen molar-refractivity contribution >= 4 is 0 Å². The Hall–Kier alpha value is -1.11. The van der Waals surface area contributed by atoms with E-state index in [1.54, 1.807) is 0 Å². The SMILES string of the molecule is CC(C)NCc1noc(CCC(F)(F)F)n1. The zero-order valence-electron chi connectivity index (χ0n) is 9.14. The largest absolute Gasteiger partial charge is 0.389 e. The van der Waals surface area contributed by atoms with Crippen LogP contribution in [0.4, 0.5) is 13.2 Å². The summed E-state index contributed by atoms with van der Waals surface area (Å²) < 4.78 is 40.4. The van der Waals surface area contributed by atoms with Gasteiger partial charge < -0.3 is 9.84 Å². The third-order valence-corrected chi connectivity index (χ3v) is 1.80. The number of nitrogens with zero attached hydrogens (tertiary/aromatic N) is 2. The molecule has 0 saturated heterocycles. The summed E-state index contributed by atoms with van der Waals surface area (Å²) in [4.78, 5) is 3.84. The summed E-state index contributed by atoms with van der Waals surface area (Å²) in [6, 6.07) is 0.261. The van der Waals surface area contributed by atoms with Crippen LogP contribution in [0.1, 0.15) is 32.0 Å². The Balaban J connectivity index is 2.39. The maximum Gasteiger partial charge on any atom is 0.389 e. The smallest absolute Gasteiger partial charge is 0.339 e. The molecule has 0 fully saturated rings. The molecule has 0 aliphatic carbocycles. The van der Waals surface area contributed by atoms with Gasteiger partial charge in [-0.25, -0.2) is 0 Å². The van der Waals surface area contributed by atoms with Gasteiger partial charge in [-0.05, 0) is 0 Å². The summed E-state index contributed by atoms with van der Waals surface area (Å²) >= 11 is 0. The van der Waals surface area contributed by atoms with Crippen LogP contribution >= 0.6 is 0 Å². The summed E-state index contributed by atoms with van der Waals surface area (Å²) in [7, 11) is 0. The molecule has 1 N–H and O–H groups in total. The zero-order chi connectivity index (χ0) is 12.2. The Morgan fingerprint density at radius 1 is 1.38 bits per heavy atom. The monoisotopic (exact) mass is 237 g/mol. The second-order valence-electron chi connectivity index (χ2n) is 3.76. The quantitative estimate of drug-likeness (QED) is 0.851. The van der Waals surface area contributed by atoms with Gasteiger partial charge in [0.05, 0.1) is 13.0 Å². The Labute approximate surface area is 91.2 Å². The Morgan fingerprint density at radius 2 is 2.06 bits per heavy atom. The molecule has 4 nitrogen and oxygen atoms in total. The van der Waals surface area contributed by atoms with Gasteiger partial charge in [-0.2, -0.15) is 18.2 Å². The van der Waals surface area contributed by atoms with Crippen LogP contribution in [0.3, 0.4) is 0 Å². The molecule has 7 heteroatoms. The average Bonchev–Trinajstić information content (AvgIpc) is 2.58. The molecule has 92 valence electrons. The van der Waals surface area contributed by atoms with Gasteiger partial charge in [0, 0.05) is 12.5 Å². The van der Waals surface area contributed by atoms with E-state index < -0.39 is 12.6 Å². The Bertz CT molecular complexity index is 322. The number of rotatable bonds is 5. The van der Waals surface area contributed by atoms with Gasteiger partial charge in [0.2, 0.25) is 5.89 Å². The van der Waals surface area contributed by atoms with Crippen molar-refractivity contribution in [1.82, 2.24) is 15.5 Å². The van der Waals surface area contributed by atoms with Crippen molar-refractivity contribution < 1.29 is 17.7 Å². The van der Waals surface area contributed by atoms with Crippen molar-refractivity contribution in [3.8, 4) is 0 Å². The molecule has 1 heterocycles. The summed E-state index contributed by atoms with van der Waals surface area (Å²) in [6.07, 6.45) is -5.39. The van der Waals surface area contributed by atoms with Crippen molar-refractivity contribution in [3.05, 3.63) is 11.7 Å². The maximum atomic E-state index is 11.9. The third kappa shape index (κ3) is 5.11. The fourth-order valence-corrected chi connectivity index (χ4v) is 1.01. The highest BCUT2D eigenvalue weighted by molar-refractivity contribution is 4.86. The first kappa shape index (κ1) is 13.0. The Kier molecular flexibility index (Phi) is 4.28. The lowest BCUT2D eigenvalue weighted by atomic mass is 10.3. The van der Waals surface area contributed by atoms with Crippen molar-refractivity contribution in [2.45, 2.75) is 45.5 Å². The lowest BCUT2D eigenvalue weighted by Crippen LogP contribution is -2.22. The molecule has 0 bridgehead atoms. The average molecular weight is 237 g/mol. The number of hydrogen-bond acceptors (Lipinski definition) is 4. The predicted octanol–water partition coefficient (Wildman–Crippen LogP) is 2.06. The fourth-order valence-electron chi connectivity index (χ4n) is 1.01. The van der Waals surface area contributed by atoms with Gasteiger partial charge in [-0.1, -0.05) is 19.0 Å². The third-order valence-electron chi connectivity index (χ3n) is 1.80. The zero-order valence-corrected chi connectivity index (χ0v) is 9.14. The van der Waals surface area contributed by atoms with E-state index in [-0.39, 0.29) is 18.4 Å². The van der Waals surface area contributed by atoms with E-state index in [1.165, 1.54) is 0 Å². The van der Waals surface area contributed by atoms with Gasteiger partial charge in [-0.3, -0.25) is 0 Å². The molecule has 0 atom stereocenters. The molecule has 1 rings (SSSR count). The molecule has 0 aliphatic heterocycles. The minimum Gasteiger partial charge on any atom is -0.339 e. The number of halogens is 3. The highest BCUT2D eigenvalue weighted by Gasteiger charge is 2.27. The summed E-state index contributed by atoms with van der Waals surface area (Å²) in [5, 5.41) is 6.61. The Morgan fingerprint density at radius 3 is 2.62 bits per heavy atom. The van der Waals surface area contributed by atoms with Crippen molar-refractivity contribution in [3.63, 3.8) is 0 Å². The number of hydrogen-bond donors (Lipinski definition) is 1. The van der Waals surface area contributed by atoms with Crippen molar-refractivity contribution in [2.24, 2.45) is 0 Å². The molecular formula is C9H14F3N3O. The van der Waals surface area contributed by atoms with Crippen LogP contribution in [-0.2, 0) is 13.0 Å². The van der Waals surface area contributed by atoms with Gasteiger partial charge in [0.1, 0.15) is 0 Å². The lowest BCUT2D eigenvalue weighted by Gasteiger charge is -2.03. The molecule has 0 spiro atoms. The first-order chi connectivity index (χ1) is 7.37. The molecule has 0 saturated carbocycles. The van der Waals surface area contributed by atoms with Crippen LogP contribution in [0.2, 0.25) is 0 Å².